The van der Waals surface area contributed by atoms with Gasteiger partial charge in [-0.2, -0.15) is 8.78 Å². The fourth-order valence-corrected chi connectivity index (χ4v) is 3.87. The minimum atomic E-state index is -1.87. The Kier molecular flexibility index (Phi) is 14.7. The molecule has 10 nitrogen and oxygen atoms in total. The molecule has 3 aromatic carbocycles. The Bertz CT molecular complexity index is 1590. The number of unbranched alkanes of at least 4 members (excludes halogenated alkanes) is 3. The molecule has 0 fully saturated rings. The van der Waals surface area contributed by atoms with Crippen molar-refractivity contribution >= 4 is 23.9 Å². The Morgan fingerprint density at radius 2 is 1.04 bits per heavy atom. The number of rotatable bonds is 19. The van der Waals surface area contributed by atoms with E-state index in [1.165, 1.54) is 48.5 Å². The molecule has 0 heterocycles. The summed E-state index contributed by atoms with van der Waals surface area (Å²) in [5.41, 5.74) is -0.163. The topological polar surface area (TPSA) is 124 Å². The van der Waals surface area contributed by atoms with Crippen LogP contribution in [0.1, 0.15) is 52.8 Å². The molecule has 13 heteroatoms. The normalized spacial score (nSPS) is 10.4. The van der Waals surface area contributed by atoms with Gasteiger partial charge in [-0.15, -0.1) is 0 Å². The molecule has 48 heavy (non-hydrogen) atoms. The number of carbonyl (C=O) groups excluding carboxylic acids is 4. The molecular formula is C35H33F3O10. The Balaban J connectivity index is 1.48. The zero-order valence-electron chi connectivity index (χ0n) is 25.8. The molecule has 0 unspecified atom stereocenters. The lowest BCUT2D eigenvalue weighted by atomic mass is 10.2. The van der Waals surface area contributed by atoms with Crippen LogP contribution in [0.2, 0.25) is 0 Å². The van der Waals surface area contributed by atoms with Gasteiger partial charge in [-0.05, 0) is 74.2 Å². The fourth-order valence-electron chi connectivity index (χ4n) is 3.87. The second kappa shape index (κ2) is 19.2. The summed E-state index contributed by atoms with van der Waals surface area (Å²) in [4.78, 5) is 47.0. The average Bonchev–Trinajstić information content (AvgIpc) is 3.10. The molecule has 0 N–H and O–H groups in total. The maximum Gasteiger partial charge on any atom is 0.343 e. The lowest BCUT2D eigenvalue weighted by molar-refractivity contribution is -0.138. The highest BCUT2D eigenvalue weighted by molar-refractivity contribution is 5.92. The Morgan fingerprint density at radius 3 is 1.56 bits per heavy atom. The van der Waals surface area contributed by atoms with Crippen molar-refractivity contribution in [3.63, 3.8) is 0 Å². The molecule has 0 bridgehead atoms. The number of benzene rings is 3. The maximum absolute atomic E-state index is 14.7. The smallest absolute Gasteiger partial charge is 0.343 e. The molecule has 0 saturated carbocycles. The Hall–Kier alpha value is -5.59. The summed E-state index contributed by atoms with van der Waals surface area (Å²) in [6, 6.07) is 11.4. The predicted octanol–water partition coefficient (Wildman–Crippen LogP) is 6.71. The number of hydrogen-bond acceptors (Lipinski definition) is 10. The first-order valence-corrected chi connectivity index (χ1v) is 14.8. The van der Waals surface area contributed by atoms with Crippen molar-refractivity contribution in [3.05, 3.63) is 108 Å². The van der Waals surface area contributed by atoms with E-state index in [1.807, 2.05) is 0 Å². The molecule has 254 valence electrons. The highest BCUT2D eigenvalue weighted by atomic mass is 19.2. The first-order chi connectivity index (χ1) is 23.1. The molecule has 3 aromatic rings. The summed E-state index contributed by atoms with van der Waals surface area (Å²) < 4.78 is 74.6. The number of esters is 4. The summed E-state index contributed by atoms with van der Waals surface area (Å²) in [7, 11) is 0. The first-order valence-electron chi connectivity index (χ1n) is 14.8. The van der Waals surface area contributed by atoms with Gasteiger partial charge in [-0.25, -0.2) is 23.6 Å². The number of ether oxygens (including phenoxy) is 6. The van der Waals surface area contributed by atoms with Gasteiger partial charge in [-0.1, -0.05) is 13.2 Å². The zero-order chi connectivity index (χ0) is 34.9. The minimum absolute atomic E-state index is 0.0457. The van der Waals surface area contributed by atoms with E-state index < -0.39 is 52.8 Å². The molecule has 0 aliphatic carbocycles. The van der Waals surface area contributed by atoms with E-state index in [-0.39, 0.29) is 24.3 Å². The van der Waals surface area contributed by atoms with Crippen LogP contribution in [0.4, 0.5) is 13.2 Å². The lowest BCUT2D eigenvalue weighted by Gasteiger charge is -2.12. The van der Waals surface area contributed by atoms with Gasteiger partial charge in [0.1, 0.15) is 11.5 Å². The quantitative estimate of drug-likeness (QED) is 0.0447. The largest absolute Gasteiger partial charge is 0.494 e. The van der Waals surface area contributed by atoms with Gasteiger partial charge in [0, 0.05) is 24.6 Å². The molecule has 0 aliphatic heterocycles. The van der Waals surface area contributed by atoms with Gasteiger partial charge in [0.2, 0.25) is 17.4 Å². The van der Waals surface area contributed by atoms with Crippen LogP contribution in [0, 0.1) is 17.5 Å². The van der Waals surface area contributed by atoms with Crippen LogP contribution >= 0.6 is 0 Å². The highest BCUT2D eigenvalue weighted by Crippen LogP contribution is 2.32. The molecule has 0 radical (unpaired) electrons. The van der Waals surface area contributed by atoms with E-state index in [4.69, 9.17) is 28.4 Å². The molecule has 3 rings (SSSR count). The van der Waals surface area contributed by atoms with Gasteiger partial charge in [0.25, 0.3) is 0 Å². The summed E-state index contributed by atoms with van der Waals surface area (Å²) in [6.45, 7) is 7.63. The van der Waals surface area contributed by atoms with E-state index in [9.17, 15) is 32.3 Å². The molecule has 0 aromatic heterocycles. The van der Waals surface area contributed by atoms with Gasteiger partial charge < -0.3 is 28.4 Å². The third kappa shape index (κ3) is 11.6. The molecule has 0 saturated heterocycles. The van der Waals surface area contributed by atoms with Crippen molar-refractivity contribution in [2.75, 3.05) is 26.4 Å². The number of hydrogen-bond donors (Lipinski definition) is 0. The zero-order valence-corrected chi connectivity index (χ0v) is 25.8. The molecule has 0 spiro atoms. The van der Waals surface area contributed by atoms with Gasteiger partial charge in [-0.3, -0.25) is 0 Å². The number of halogens is 3. The second-order valence-corrected chi connectivity index (χ2v) is 9.85. The predicted molar refractivity (Wildman–Crippen MR) is 166 cm³/mol. The summed E-state index contributed by atoms with van der Waals surface area (Å²) in [5.74, 6) is -9.95. The van der Waals surface area contributed by atoms with Crippen molar-refractivity contribution in [2.24, 2.45) is 0 Å². The van der Waals surface area contributed by atoms with Crippen LogP contribution in [0.15, 0.2) is 79.9 Å². The second-order valence-electron chi connectivity index (χ2n) is 9.85. The van der Waals surface area contributed by atoms with E-state index >= 15 is 0 Å². The van der Waals surface area contributed by atoms with Crippen molar-refractivity contribution in [3.8, 4) is 23.0 Å². The lowest BCUT2D eigenvalue weighted by Crippen LogP contribution is -2.14. The number of carbonyl (C=O) groups is 4. The molecular weight excluding hydrogens is 637 g/mol. The van der Waals surface area contributed by atoms with Crippen LogP contribution in [0.5, 0.6) is 23.0 Å². The van der Waals surface area contributed by atoms with Crippen LogP contribution in [-0.4, -0.2) is 50.3 Å². The van der Waals surface area contributed by atoms with Crippen LogP contribution in [-0.2, 0) is 19.1 Å². The fraction of sp³-hybridized carbons (Fsp3) is 0.257. The highest BCUT2D eigenvalue weighted by Gasteiger charge is 2.25. The summed E-state index contributed by atoms with van der Waals surface area (Å²) in [5, 5.41) is 0. The minimum Gasteiger partial charge on any atom is -0.494 e. The van der Waals surface area contributed by atoms with Gasteiger partial charge >= 0.3 is 23.9 Å². The maximum atomic E-state index is 14.7. The van der Waals surface area contributed by atoms with Crippen molar-refractivity contribution in [1.29, 1.82) is 0 Å². The van der Waals surface area contributed by atoms with Crippen LogP contribution in [0.25, 0.3) is 0 Å². The van der Waals surface area contributed by atoms with Crippen LogP contribution in [0.3, 0.4) is 0 Å². The average molecular weight is 671 g/mol. The van der Waals surface area contributed by atoms with E-state index in [0.29, 0.717) is 43.6 Å². The molecule has 0 amide bonds. The third-order valence-corrected chi connectivity index (χ3v) is 6.35. The standard InChI is InChI=1S/C35H33F3O10/c1-3-29(39)45-19-8-6-5-7-18-43-25-14-10-23(11-15-25)34(41)47-28-22-27(36)33(32(38)31(28)37)48-35(42)24-12-16-26(17-13-24)44-20-9-21-46-30(40)4-2/h3-4,10-17,22H,1-2,5-9,18-21H2. The van der Waals surface area contributed by atoms with E-state index in [0.717, 1.165) is 31.4 Å². The monoisotopic (exact) mass is 670 g/mol. The summed E-state index contributed by atoms with van der Waals surface area (Å²) in [6.07, 6.45) is 5.67. The van der Waals surface area contributed by atoms with Crippen LogP contribution < -0.4 is 18.9 Å². The van der Waals surface area contributed by atoms with Gasteiger partial charge in [0.05, 0.1) is 37.6 Å². The van der Waals surface area contributed by atoms with Crippen molar-refractivity contribution in [1.82, 2.24) is 0 Å². The Labute approximate surface area is 274 Å². The molecule has 0 atom stereocenters. The van der Waals surface area contributed by atoms with E-state index in [1.54, 1.807) is 0 Å². The van der Waals surface area contributed by atoms with Crippen molar-refractivity contribution < 1.29 is 60.8 Å². The Morgan fingerprint density at radius 1 is 0.583 bits per heavy atom. The third-order valence-electron chi connectivity index (χ3n) is 6.35. The first kappa shape index (κ1) is 36.9. The molecule has 0 aliphatic rings. The van der Waals surface area contributed by atoms with Crippen molar-refractivity contribution in [2.45, 2.75) is 32.1 Å². The summed E-state index contributed by atoms with van der Waals surface area (Å²) >= 11 is 0. The van der Waals surface area contributed by atoms with Gasteiger partial charge in [0.15, 0.2) is 11.6 Å². The SMILES string of the molecule is C=CC(=O)OCCCCCCOc1ccc(C(=O)Oc2cc(F)c(OC(=O)c3ccc(OCCCOC(=O)C=C)cc3)c(F)c2F)cc1. The van der Waals surface area contributed by atoms with E-state index in [2.05, 4.69) is 13.2 Å².